The third kappa shape index (κ3) is 5.28. The van der Waals surface area contributed by atoms with Gasteiger partial charge in [-0.1, -0.05) is 55.9 Å². The quantitative estimate of drug-likeness (QED) is 0.259. The number of piperidine rings is 1. The van der Waals surface area contributed by atoms with Crippen LogP contribution in [0.15, 0.2) is 59.8 Å². The zero-order valence-electron chi connectivity index (χ0n) is 21.0. The number of likely N-dealkylation sites (tertiary alicyclic amines) is 1. The minimum Gasteiger partial charge on any atom is -0.300 e. The average molecular weight is 410 g/mol. The molecule has 2 aliphatic rings. The van der Waals surface area contributed by atoms with Crippen LogP contribution < -0.4 is 0 Å². The molecule has 3 atom stereocenters. The van der Waals surface area contributed by atoms with Crippen LogP contribution in [0.25, 0.3) is 0 Å². The molecular weight excluding hydrogens is 362 g/mol. The Bertz CT molecular complexity index is 727. The Kier molecular flexibility index (Phi) is 8.19. The lowest BCUT2D eigenvalue weighted by Crippen LogP contribution is -2.60. The molecule has 2 fully saturated rings. The second-order valence-electron chi connectivity index (χ2n) is 10.9. The fraction of sp³-hybridized carbons (Fsp3) is 0.655. The van der Waals surface area contributed by atoms with E-state index in [2.05, 4.69) is 78.7 Å². The summed E-state index contributed by atoms with van der Waals surface area (Å²) in [6.07, 6.45) is 11.6. The van der Waals surface area contributed by atoms with Crippen LogP contribution in [0, 0.1) is 16.7 Å². The van der Waals surface area contributed by atoms with Crippen LogP contribution in [0.5, 0.6) is 0 Å². The van der Waals surface area contributed by atoms with Gasteiger partial charge in [0.1, 0.15) is 0 Å². The normalized spacial score (nSPS) is 30.1. The first-order valence-electron chi connectivity index (χ1n) is 12.0. The highest BCUT2D eigenvalue weighted by atomic mass is 15.2. The molecule has 0 bridgehead atoms. The summed E-state index contributed by atoms with van der Waals surface area (Å²) in [5.41, 5.74) is 6.69. The summed E-state index contributed by atoms with van der Waals surface area (Å²) in [6.45, 7) is 32.0. The van der Waals surface area contributed by atoms with Crippen molar-refractivity contribution < 1.29 is 0 Å². The maximum atomic E-state index is 4.76. The van der Waals surface area contributed by atoms with E-state index in [9.17, 15) is 0 Å². The Balaban J connectivity index is 2.56. The lowest BCUT2D eigenvalue weighted by molar-refractivity contribution is -0.0651. The van der Waals surface area contributed by atoms with E-state index < -0.39 is 0 Å². The summed E-state index contributed by atoms with van der Waals surface area (Å²) in [6, 6.07) is 0.501. The predicted octanol–water partition coefficient (Wildman–Crippen LogP) is 8.27. The number of hydrogen-bond donors (Lipinski definition) is 0. The van der Waals surface area contributed by atoms with Crippen molar-refractivity contribution in [3.8, 4) is 0 Å². The van der Waals surface area contributed by atoms with Crippen LogP contribution in [0.4, 0.5) is 0 Å². The molecule has 1 aliphatic heterocycles. The van der Waals surface area contributed by atoms with Crippen LogP contribution in [0.2, 0.25) is 0 Å². The van der Waals surface area contributed by atoms with Gasteiger partial charge in [0.2, 0.25) is 0 Å². The van der Waals surface area contributed by atoms with E-state index in [4.69, 9.17) is 6.58 Å². The van der Waals surface area contributed by atoms with Crippen molar-refractivity contribution in [1.82, 2.24) is 4.90 Å². The van der Waals surface area contributed by atoms with Gasteiger partial charge in [0.25, 0.3) is 0 Å². The van der Waals surface area contributed by atoms with Crippen molar-refractivity contribution in [3.63, 3.8) is 0 Å². The number of hydrogen-bond acceptors (Lipinski definition) is 1. The second-order valence-corrected chi connectivity index (χ2v) is 10.9. The van der Waals surface area contributed by atoms with Gasteiger partial charge in [-0.25, -0.2) is 0 Å². The van der Waals surface area contributed by atoms with Gasteiger partial charge in [0.05, 0.1) is 0 Å². The highest BCUT2D eigenvalue weighted by Crippen LogP contribution is 2.61. The van der Waals surface area contributed by atoms with Gasteiger partial charge in [0.15, 0.2) is 0 Å². The molecule has 1 heteroatoms. The van der Waals surface area contributed by atoms with Crippen molar-refractivity contribution in [2.45, 2.75) is 93.0 Å². The van der Waals surface area contributed by atoms with E-state index in [0.29, 0.717) is 6.04 Å². The van der Waals surface area contributed by atoms with E-state index in [1.807, 2.05) is 0 Å². The largest absolute Gasteiger partial charge is 0.300 e. The van der Waals surface area contributed by atoms with Crippen molar-refractivity contribution in [2.75, 3.05) is 13.1 Å². The van der Waals surface area contributed by atoms with Crippen molar-refractivity contribution in [3.05, 3.63) is 59.8 Å². The molecule has 3 unspecified atom stereocenters. The third-order valence-electron chi connectivity index (χ3n) is 8.02. The molecule has 0 aromatic heterocycles. The standard InChI is InChI=1S/C29H47N/c1-11-23(6)19-29(25(8)24(7)13-12-21(2)3)16-17-30(20-27-14-15-27)26(9)28(29,10)18-22(4)5/h12-13,26-27H,4,6,8,11,14-20H2,1-3,5,7,9-10H3/b24-13-. The monoisotopic (exact) mass is 409 g/mol. The first-order chi connectivity index (χ1) is 14.0. The van der Waals surface area contributed by atoms with Gasteiger partial charge >= 0.3 is 0 Å². The predicted molar refractivity (Wildman–Crippen MR) is 135 cm³/mol. The fourth-order valence-corrected chi connectivity index (χ4v) is 5.66. The second kappa shape index (κ2) is 9.86. The topological polar surface area (TPSA) is 3.24 Å². The van der Waals surface area contributed by atoms with Gasteiger partial charge in [0, 0.05) is 18.0 Å². The van der Waals surface area contributed by atoms with Gasteiger partial charge < -0.3 is 0 Å². The third-order valence-corrected chi connectivity index (χ3v) is 8.02. The molecule has 1 heterocycles. The first kappa shape index (κ1) is 24.9. The Morgan fingerprint density at radius 2 is 1.67 bits per heavy atom. The summed E-state index contributed by atoms with van der Waals surface area (Å²) in [5.74, 6) is 0.919. The molecule has 0 amide bonds. The Hall–Kier alpha value is -1.34. The van der Waals surface area contributed by atoms with Crippen molar-refractivity contribution >= 4 is 0 Å². The van der Waals surface area contributed by atoms with Crippen LogP contribution in [0.1, 0.15) is 87.0 Å². The highest BCUT2D eigenvalue weighted by Gasteiger charge is 2.56. The van der Waals surface area contributed by atoms with Gasteiger partial charge in [-0.05, 0) is 102 Å². The highest BCUT2D eigenvalue weighted by molar-refractivity contribution is 5.40. The zero-order valence-corrected chi connectivity index (χ0v) is 21.0. The van der Waals surface area contributed by atoms with E-state index in [1.165, 1.54) is 47.3 Å². The minimum atomic E-state index is 0.0224. The molecule has 0 aromatic rings. The lowest BCUT2D eigenvalue weighted by atomic mass is 9.49. The molecule has 168 valence electrons. The first-order valence-corrected chi connectivity index (χ1v) is 12.0. The molecule has 1 nitrogen and oxygen atoms in total. The Morgan fingerprint density at radius 3 is 2.17 bits per heavy atom. The molecule has 2 rings (SSSR count). The fourth-order valence-electron chi connectivity index (χ4n) is 5.66. The number of allylic oxidation sites excluding steroid dienone is 7. The number of rotatable bonds is 10. The maximum Gasteiger partial charge on any atom is 0.0133 e. The van der Waals surface area contributed by atoms with E-state index >= 15 is 0 Å². The Labute approximate surface area is 187 Å². The average Bonchev–Trinajstić information content (AvgIpc) is 3.49. The maximum absolute atomic E-state index is 4.76. The molecule has 0 radical (unpaired) electrons. The zero-order chi connectivity index (χ0) is 22.7. The van der Waals surface area contributed by atoms with Crippen molar-refractivity contribution in [1.29, 1.82) is 0 Å². The summed E-state index contributed by atoms with van der Waals surface area (Å²) < 4.78 is 0. The summed E-state index contributed by atoms with van der Waals surface area (Å²) in [7, 11) is 0. The molecule has 0 aromatic carbocycles. The smallest absolute Gasteiger partial charge is 0.0133 e. The lowest BCUT2D eigenvalue weighted by Gasteiger charge is -2.61. The SMILES string of the molecule is C=C(C)CC1(C)C(C)N(CC2CC2)CCC1(CC(=C)CC)C(=C)/C(C)=C\C=C(C)C. The van der Waals surface area contributed by atoms with Crippen LogP contribution in [0.3, 0.4) is 0 Å². The summed E-state index contributed by atoms with van der Waals surface area (Å²) in [4.78, 5) is 2.77. The van der Waals surface area contributed by atoms with Crippen LogP contribution >= 0.6 is 0 Å². The summed E-state index contributed by atoms with van der Waals surface area (Å²) in [5, 5.41) is 0. The van der Waals surface area contributed by atoms with Crippen LogP contribution in [-0.4, -0.2) is 24.0 Å². The molecule has 30 heavy (non-hydrogen) atoms. The van der Waals surface area contributed by atoms with E-state index in [0.717, 1.165) is 38.1 Å². The van der Waals surface area contributed by atoms with E-state index in [-0.39, 0.29) is 10.8 Å². The van der Waals surface area contributed by atoms with Gasteiger partial charge in [-0.15, -0.1) is 6.58 Å². The Morgan fingerprint density at radius 1 is 1.03 bits per heavy atom. The van der Waals surface area contributed by atoms with Crippen molar-refractivity contribution in [2.24, 2.45) is 16.7 Å². The van der Waals surface area contributed by atoms with Gasteiger partial charge in [-0.3, -0.25) is 4.90 Å². The molecule has 0 spiro atoms. The van der Waals surface area contributed by atoms with Crippen LogP contribution in [-0.2, 0) is 0 Å². The molecule has 0 N–H and O–H groups in total. The van der Waals surface area contributed by atoms with E-state index in [1.54, 1.807) is 0 Å². The summed E-state index contributed by atoms with van der Waals surface area (Å²) >= 11 is 0. The molecule has 1 saturated heterocycles. The molecule has 1 aliphatic carbocycles. The minimum absolute atomic E-state index is 0.0224. The number of nitrogens with zero attached hydrogens (tertiary/aromatic N) is 1. The molecule has 1 saturated carbocycles. The molecular formula is C29H47N. The van der Waals surface area contributed by atoms with Gasteiger partial charge in [-0.2, -0.15) is 0 Å².